The van der Waals surface area contributed by atoms with Gasteiger partial charge in [0.15, 0.2) is 0 Å². The number of anilines is 1. The van der Waals surface area contributed by atoms with E-state index in [2.05, 4.69) is 24.1 Å². The number of ether oxygens (including phenoxy) is 1. The molecule has 1 aromatic heterocycles. The molecule has 0 aliphatic carbocycles. The molecule has 0 spiro atoms. The Labute approximate surface area is 121 Å². The van der Waals surface area contributed by atoms with Crippen molar-refractivity contribution in [2.24, 2.45) is 5.92 Å². The minimum Gasteiger partial charge on any atom is -0.385 e. The van der Waals surface area contributed by atoms with Crippen LogP contribution in [0.2, 0.25) is 0 Å². The van der Waals surface area contributed by atoms with Gasteiger partial charge >= 0.3 is 0 Å². The van der Waals surface area contributed by atoms with Crippen LogP contribution in [-0.4, -0.2) is 49.6 Å². The van der Waals surface area contributed by atoms with Gasteiger partial charge < -0.3 is 15.0 Å². The second-order valence-corrected chi connectivity index (χ2v) is 5.38. The Balaban J connectivity index is 2.34. The maximum absolute atomic E-state index is 11.8. The van der Waals surface area contributed by atoms with Crippen molar-refractivity contribution in [1.82, 2.24) is 9.88 Å². The number of amides is 1. The van der Waals surface area contributed by atoms with Gasteiger partial charge in [0.1, 0.15) is 5.69 Å². The van der Waals surface area contributed by atoms with Crippen LogP contribution < -0.4 is 5.32 Å². The van der Waals surface area contributed by atoms with Crippen LogP contribution in [0, 0.1) is 5.92 Å². The van der Waals surface area contributed by atoms with Gasteiger partial charge in [0.25, 0.3) is 5.91 Å². The average Bonchev–Trinajstić information content (AvgIpc) is 2.41. The van der Waals surface area contributed by atoms with Gasteiger partial charge in [-0.15, -0.1) is 0 Å². The maximum atomic E-state index is 11.8. The molecule has 0 radical (unpaired) electrons. The lowest BCUT2D eigenvalue weighted by Gasteiger charge is -2.11. The van der Waals surface area contributed by atoms with Gasteiger partial charge in [0.2, 0.25) is 0 Å². The highest BCUT2D eigenvalue weighted by molar-refractivity contribution is 5.92. The number of carbonyl (C=O) groups is 1. The zero-order valence-corrected chi connectivity index (χ0v) is 12.8. The van der Waals surface area contributed by atoms with Crippen molar-refractivity contribution in [3.05, 3.63) is 24.0 Å². The zero-order chi connectivity index (χ0) is 15.0. The smallest absolute Gasteiger partial charge is 0.272 e. The van der Waals surface area contributed by atoms with E-state index < -0.39 is 0 Å². The van der Waals surface area contributed by atoms with Gasteiger partial charge in [-0.05, 0) is 24.5 Å². The summed E-state index contributed by atoms with van der Waals surface area (Å²) in [5.74, 6) is 0.483. The van der Waals surface area contributed by atoms with Gasteiger partial charge in [-0.3, -0.25) is 9.78 Å². The van der Waals surface area contributed by atoms with Crippen LogP contribution in [0.4, 0.5) is 5.69 Å². The Hall–Kier alpha value is -1.62. The van der Waals surface area contributed by atoms with E-state index in [1.807, 2.05) is 6.07 Å². The summed E-state index contributed by atoms with van der Waals surface area (Å²) in [6, 6.07) is 3.64. The SMILES string of the molecule is CC(C)COCCCNc1ccnc(C(=O)N(C)C)c1. The minimum absolute atomic E-state index is 0.0890. The van der Waals surface area contributed by atoms with Crippen molar-refractivity contribution in [2.45, 2.75) is 20.3 Å². The highest BCUT2D eigenvalue weighted by Crippen LogP contribution is 2.09. The number of nitrogens with one attached hydrogen (secondary N) is 1. The lowest BCUT2D eigenvalue weighted by molar-refractivity contribution is 0.0822. The molecular weight excluding hydrogens is 254 g/mol. The Kier molecular flexibility index (Phi) is 7.01. The van der Waals surface area contributed by atoms with Crippen LogP contribution in [0.1, 0.15) is 30.8 Å². The predicted molar refractivity (Wildman–Crippen MR) is 81.0 cm³/mol. The second kappa shape index (κ2) is 8.53. The molecule has 112 valence electrons. The van der Waals surface area contributed by atoms with E-state index in [1.165, 1.54) is 4.90 Å². The van der Waals surface area contributed by atoms with Gasteiger partial charge in [0.05, 0.1) is 0 Å². The van der Waals surface area contributed by atoms with Crippen LogP contribution >= 0.6 is 0 Å². The van der Waals surface area contributed by atoms with E-state index >= 15 is 0 Å². The maximum Gasteiger partial charge on any atom is 0.272 e. The van der Waals surface area contributed by atoms with Crippen molar-refractivity contribution >= 4 is 11.6 Å². The summed E-state index contributed by atoms with van der Waals surface area (Å²) in [4.78, 5) is 17.4. The molecule has 0 aliphatic rings. The number of rotatable bonds is 8. The molecule has 0 unspecified atom stereocenters. The van der Waals surface area contributed by atoms with E-state index in [1.54, 1.807) is 26.4 Å². The summed E-state index contributed by atoms with van der Waals surface area (Å²) in [5.41, 5.74) is 1.37. The molecule has 1 aromatic rings. The lowest BCUT2D eigenvalue weighted by Crippen LogP contribution is -2.22. The Morgan fingerprint density at radius 2 is 2.20 bits per heavy atom. The lowest BCUT2D eigenvalue weighted by atomic mass is 10.2. The largest absolute Gasteiger partial charge is 0.385 e. The normalized spacial score (nSPS) is 10.7. The molecule has 0 fully saturated rings. The highest BCUT2D eigenvalue weighted by Gasteiger charge is 2.09. The molecule has 0 bridgehead atoms. The van der Waals surface area contributed by atoms with Crippen molar-refractivity contribution < 1.29 is 9.53 Å². The molecule has 1 N–H and O–H groups in total. The van der Waals surface area contributed by atoms with Crippen molar-refractivity contribution in [1.29, 1.82) is 0 Å². The Bertz CT molecular complexity index is 419. The fourth-order valence-electron chi connectivity index (χ4n) is 1.61. The van der Waals surface area contributed by atoms with Crippen molar-refractivity contribution in [2.75, 3.05) is 39.2 Å². The Morgan fingerprint density at radius 3 is 2.85 bits per heavy atom. The topological polar surface area (TPSA) is 54.5 Å². The van der Waals surface area contributed by atoms with Crippen LogP contribution in [-0.2, 0) is 4.74 Å². The standard InChI is InChI=1S/C15H25N3O2/c1-12(2)11-20-9-5-7-16-13-6-8-17-14(10-13)15(19)18(3)4/h6,8,10,12H,5,7,9,11H2,1-4H3,(H,16,17). The third-order valence-corrected chi connectivity index (χ3v) is 2.63. The summed E-state index contributed by atoms with van der Waals surface area (Å²) in [5, 5.41) is 3.28. The molecule has 0 saturated carbocycles. The molecule has 1 rings (SSSR count). The monoisotopic (exact) mass is 279 g/mol. The Morgan fingerprint density at radius 1 is 1.45 bits per heavy atom. The third-order valence-electron chi connectivity index (χ3n) is 2.63. The summed E-state index contributed by atoms with van der Waals surface area (Å²) < 4.78 is 5.51. The number of pyridine rings is 1. The summed E-state index contributed by atoms with van der Waals surface area (Å²) in [7, 11) is 3.44. The van der Waals surface area contributed by atoms with Crippen LogP contribution in [0.5, 0.6) is 0 Å². The number of hydrogen-bond acceptors (Lipinski definition) is 4. The van der Waals surface area contributed by atoms with Crippen LogP contribution in [0.15, 0.2) is 18.3 Å². The fourth-order valence-corrected chi connectivity index (χ4v) is 1.61. The first-order chi connectivity index (χ1) is 9.50. The minimum atomic E-state index is -0.0890. The molecule has 0 saturated heterocycles. The first-order valence-corrected chi connectivity index (χ1v) is 7.00. The molecule has 1 amide bonds. The van der Waals surface area contributed by atoms with Gasteiger partial charge in [-0.2, -0.15) is 0 Å². The molecule has 0 aliphatic heterocycles. The predicted octanol–water partition coefficient (Wildman–Crippen LogP) is 2.26. The second-order valence-electron chi connectivity index (χ2n) is 5.38. The molecule has 5 heteroatoms. The average molecular weight is 279 g/mol. The van der Waals surface area contributed by atoms with Crippen LogP contribution in [0.25, 0.3) is 0 Å². The van der Waals surface area contributed by atoms with E-state index in [4.69, 9.17) is 4.74 Å². The molecule has 5 nitrogen and oxygen atoms in total. The van der Waals surface area contributed by atoms with E-state index in [0.717, 1.165) is 31.9 Å². The molecule has 0 atom stereocenters. The first kappa shape index (κ1) is 16.4. The molecule has 20 heavy (non-hydrogen) atoms. The van der Waals surface area contributed by atoms with E-state index in [-0.39, 0.29) is 5.91 Å². The van der Waals surface area contributed by atoms with E-state index in [0.29, 0.717) is 11.6 Å². The van der Waals surface area contributed by atoms with E-state index in [9.17, 15) is 4.79 Å². The number of hydrogen-bond donors (Lipinski definition) is 1. The quantitative estimate of drug-likeness (QED) is 0.742. The molecular formula is C15H25N3O2. The van der Waals surface area contributed by atoms with Gasteiger partial charge in [-0.1, -0.05) is 13.8 Å². The number of nitrogens with zero attached hydrogens (tertiary/aromatic N) is 2. The van der Waals surface area contributed by atoms with Gasteiger partial charge in [-0.25, -0.2) is 0 Å². The third kappa shape index (κ3) is 6.02. The highest BCUT2D eigenvalue weighted by atomic mass is 16.5. The zero-order valence-electron chi connectivity index (χ0n) is 12.8. The van der Waals surface area contributed by atoms with Crippen molar-refractivity contribution in [3.8, 4) is 0 Å². The van der Waals surface area contributed by atoms with Crippen LogP contribution in [0.3, 0.4) is 0 Å². The summed E-state index contributed by atoms with van der Waals surface area (Å²) in [6.07, 6.45) is 2.58. The number of carbonyl (C=O) groups excluding carboxylic acids is 1. The number of aromatic nitrogens is 1. The fraction of sp³-hybridized carbons (Fsp3) is 0.600. The summed E-state index contributed by atoms with van der Waals surface area (Å²) in [6.45, 7) is 6.64. The molecule has 0 aromatic carbocycles. The van der Waals surface area contributed by atoms with Gasteiger partial charge in [0, 0.05) is 45.7 Å². The first-order valence-electron chi connectivity index (χ1n) is 7.00. The molecule has 1 heterocycles. The van der Waals surface area contributed by atoms with Crippen molar-refractivity contribution in [3.63, 3.8) is 0 Å². The summed E-state index contributed by atoms with van der Waals surface area (Å²) >= 11 is 0.